The Morgan fingerprint density at radius 1 is 1.57 bits per heavy atom. The molecule has 1 atom stereocenters. The molecule has 2 rings (SSSR count). The first kappa shape index (κ1) is 11.8. The van der Waals surface area contributed by atoms with E-state index in [1.807, 2.05) is 24.0 Å². The number of aromatic nitrogens is 1. The van der Waals surface area contributed by atoms with Crippen molar-refractivity contribution in [3.05, 3.63) is 23.9 Å². The maximum Gasteiger partial charge on any atom is 0.0965 e. The molecule has 14 heavy (non-hydrogen) atoms. The first-order chi connectivity index (χ1) is 6.34. The van der Waals surface area contributed by atoms with E-state index in [2.05, 4.69) is 23.3 Å². The van der Waals surface area contributed by atoms with Gasteiger partial charge in [-0.2, -0.15) is 0 Å². The quantitative estimate of drug-likeness (QED) is 0.844. The second-order valence-corrected chi connectivity index (χ2v) is 4.72. The highest BCUT2D eigenvalue weighted by Gasteiger charge is 2.15. The Morgan fingerprint density at radius 3 is 3.07 bits per heavy atom. The van der Waals surface area contributed by atoms with Crippen molar-refractivity contribution in [3.63, 3.8) is 0 Å². The van der Waals surface area contributed by atoms with Crippen LogP contribution in [-0.4, -0.2) is 23.3 Å². The van der Waals surface area contributed by atoms with Gasteiger partial charge in [-0.1, -0.05) is 0 Å². The third-order valence-corrected chi connectivity index (χ3v) is 3.39. The first-order valence-electron chi connectivity index (χ1n) is 4.64. The van der Waals surface area contributed by atoms with Gasteiger partial charge < -0.3 is 5.32 Å². The zero-order chi connectivity index (χ0) is 9.10. The van der Waals surface area contributed by atoms with Crippen LogP contribution in [0.4, 0.5) is 0 Å². The number of hydrogen-bond acceptors (Lipinski definition) is 3. The average molecular weight is 231 g/mol. The molecular weight excluding hydrogens is 216 g/mol. The van der Waals surface area contributed by atoms with Crippen LogP contribution in [0, 0.1) is 6.92 Å². The Labute approximate surface area is 95.3 Å². The highest BCUT2D eigenvalue weighted by atomic mass is 35.5. The molecule has 0 spiro atoms. The molecule has 1 aliphatic rings. The van der Waals surface area contributed by atoms with Gasteiger partial charge in [-0.3, -0.25) is 0 Å². The van der Waals surface area contributed by atoms with Gasteiger partial charge in [0.1, 0.15) is 0 Å². The van der Waals surface area contributed by atoms with Crippen LogP contribution in [0.2, 0.25) is 0 Å². The summed E-state index contributed by atoms with van der Waals surface area (Å²) in [6, 6.07) is 4.19. The summed E-state index contributed by atoms with van der Waals surface area (Å²) in [4.78, 5) is 4.34. The van der Waals surface area contributed by atoms with Crippen LogP contribution in [0.3, 0.4) is 0 Å². The third-order valence-electron chi connectivity index (χ3n) is 2.19. The number of thioether (sulfide) groups is 1. The van der Waals surface area contributed by atoms with Gasteiger partial charge in [-0.05, 0) is 37.6 Å². The van der Waals surface area contributed by atoms with Gasteiger partial charge in [0.05, 0.1) is 5.03 Å². The molecule has 4 heteroatoms. The number of hydrogen-bond donors (Lipinski definition) is 1. The lowest BCUT2D eigenvalue weighted by Gasteiger charge is -2.06. The number of nitrogens with one attached hydrogen (secondary N) is 1. The first-order valence-corrected chi connectivity index (χ1v) is 5.52. The summed E-state index contributed by atoms with van der Waals surface area (Å²) < 4.78 is 0. The minimum Gasteiger partial charge on any atom is -0.316 e. The molecule has 0 radical (unpaired) electrons. The van der Waals surface area contributed by atoms with Gasteiger partial charge in [-0.25, -0.2) is 4.98 Å². The van der Waals surface area contributed by atoms with E-state index in [4.69, 9.17) is 0 Å². The molecule has 1 aromatic heterocycles. The fraction of sp³-hybridized carbons (Fsp3) is 0.500. The number of rotatable bonds is 2. The predicted molar refractivity (Wildman–Crippen MR) is 63.4 cm³/mol. The molecular formula is C10H15ClN2S. The van der Waals surface area contributed by atoms with E-state index in [9.17, 15) is 0 Å². The van der Waals surface area contributed by atoms with Crippen LogP contribution in [0.5, 0.6) is 0 Å². The van der Waals surface area contributed by atoms with Crippen LogP contribution in [0.15, 0.2) is 23.4 Å². The Hall–Kier alpha value is -0.250. The SMILES string of the molecule is Cc1ccnc(S[C@H]2CCNC2)c1.Cl. The molecule has 1 fully saturated rings. The van der Waals surface area contributed by atoms with Crippen LogP contribution >= 0.6 is 24.2 Å². The maximum atomic E-state index is 4.34. The number of aryl methyl sites for hydroxylation is 1. The molecule has 0 aliphatic carbocycles. The van der Waals surface area contributed by atoms with Gasteiger partial charge in [0.25, 0.3) is 0 Å². The number of nitrogens with zero attached hydrogens (tertiary/aromatic N) is 1. The summed E-state index contributed by atoms with van der Waals surface area (Å²) in [6.45, 7) is 4.39. The lowest BCUT2D eigenvalue weighted by Crippen LogP contribution is -2.10. The lowest BCUT2D eigenvalue weighted by atomic mass is 10.3. The molecule has 2 nitrogen and oxygen atoms in total. The predicted octanol–water partition coefficient (Wildman–Crippen LogP) is 2.27. The van der Waals surface area contributed by atoms with E-state index in [1.54, 1.807) is 0 Å². The van der Waals surface area contributed by atoms with Crippen molar-refractivity contribution in [3.8, 4) is 0 Å². The summed E-state index contributed by atoms with van der Waals surface area (Å²) in [5.41, 5.74) is 1.29. The van der Waals surface area contributed by atoms with Crippen molar-refractivity contribution in [1.82, 2.24) is 10.3 Å². The molecule has 0 amide bonds. The average Bonchev–Trinajstić information content (AvgIpc) is 2.57. The van der Waals surface area contributed by atoms with Crippen LogP contribution < -0.4 is 5.32 Å². The molecule has 0 unspecified atom stereocenters. The van der Waals surface area contributed by atoms with Gasteiger partial charge in [0.15, 0.2) is 0 Å². The fourth-order valence-electron chi connectivity index (χ4n) is 1.47. The molecule has 0 bridgehead atoms. The van der Waals surface area contributed by atoms with Crippen LogP contribution in [-0.2, 0) is 0 Å². The van der Waals surface area contributed by atoms with Gasteiger partial charge in [0.2, 0.25) is 0 Å². The van der Waals surface area contributed by atoms with Crippen LogP contribution in [0.25, 0.3) is 0 Å². The lowest BCUT2D eigenvalue weighted by molar-refractivity contribution is 0.858. The number of pyridine rings is 1. The molecule has 0 aromatic carbocycles. The monoisotopic (exact) mass is 230 g/mol. The molecule has 1 aromatic rings. The van der Waals surface area contributed by atoms with E-state index in [1.165, 1.54) is 12.0 Å². The Balaban J connectivity index is 0.000000980. The van der Waals surface area contributed by atoms with E-state index >= 15 is 0 Å². The van der Waals surface area contributed by atoms with Gasteiger partial charge >= 0.3 is 0 Å². The van der Waals surface area contributed by atoms with Crippen molar-refractivity contribution in [2.24, 2.45) is 0 Å². The normalized spacial score (nSPS) is 20.5. The Kier molecular flexibility index (Phi) is 4.72. The van der Waals surface area contributed by atoms with Crippen molar-refractivity contribution in [1.29, 1.82) is 0 Å². The highest BCUT2D eigenvalue weighted by molar-refractivity contribution is 7.99. The molecule has 1 saturated heterocycles. The van der Waals surface area contributed by atoms with E-state index in [-0.39, 0.29) is 12.4 Å². The third kappa shape index (κ3) is 3.15. The molecule has 1 aliphatic heterocycles. The van der Waals surface area contributed by atoms with Gasteiger partial charge in [-0.15, -0.1) is 24.2 Å². The molecule has 2 heterocycles. The topological polar surface area (TPSA) is 24.9 Å². The molecule has 0 saturated carbocycles. The van der Waals surface area contributed by atoms with E-state index in [0.717, 1.165) is 18.1 Å². The summed E-state index contributed by atoms with van der Waals surface area (Å²) in [7, 11) is 0. The summed E-state index contributed by atoms with van der Waals surface area (Å²) >= 11 is 1.89. The highest BCUT2D eigenvalue weighted by Crippen LogP contribution is 2.25. The fourth-order valence-corrected chi connectivity index (χ4v) is 2.63. The zero-order valence-electron chi connectivity index (χ0n) is 8.19. The van der Waals surface area contributed by atoms with Gasteiger partial charge in [0, 0.05) is 18.0 Å². The van der Waals surface area contributed by atoms with E-state index < -0.39 is 0 Å². The minimum atomic E-state index is 0. The van der Waals surface area contributed by atoms with Crippen molar-refractivity contribution in [2.45, 2.75) is 23.6 Å². The number of halogens is 1. The van der Waals surface area contributed by atoms with Crippen molar-refractivity contribution in [2.75, 3.05) is 13.1 Å². The smallest absolute Gasteiger partial charge is 0.0965 e. The second-order valence-electron chi connectivity index (χ2n) is 3.40. The standard InChI is InChI=1S/C10H14N2S.ClH/c1-8-2-5-12-10(6-8)13-9-3-4-11-7-9;/h2,5-6,9,11H,3-4,7H2,1H3;1H/t9-;/m0./s1. The molecule has 78 valence electrons. The van der Waals surface area contributed by atoms with Crippen LogP contribution in [0.1, 0.15) is 12.0 Å². The zero-order valence-corrected chi connectivity index (χ0v) is 9.83. The largest absolute Gasteiger partial charge is 0.316 e. The summed E-state index contributed by atoms with van der Waals surface area (Å²) in [5, 5.41) is 5.24. The summed E-state index contributed by atoms with van der Waals surface area (Å²) in [5.74, 6) is 0. The van der Waals surface area contributed by atoms with Crippen molar-refractivity contribution >= 4 is 24.2 Å². The maximum absolute atomic E-state index is 4.34. The van der Waals surface area contributed by atoms with Crippen molar-refractivity contribution < 1.29 is 0 Å². The molecule has 1 N–H and O–H groups in total. The second kappa shape index (κ2) is 5.59. The Morgan fingerprint density at radius 2 is 2.43 bits per heavy atom. The van der Waals surface area contributed by atoms with E-state index in [0.29, 0.717) is 5.25 Å². The minimum absolute atomic E-state index is 0. The Bertz CT molecular complexity index is 287. The summed E-state index contributed by atoms with van der Waals surface area (Å²) in [6.07, 6.45) is 3.15.